The van der Waals surface area contributed by atoms with E-state index in [0.717, 1.165) is 5.92 Å². The Morgan fingerprint density at radius 3 is 1.83 bits per heavy atom. The Labute approximate surface area is 82.5 Å². The van der Waals surface area contributed by atoms with Crippen LogP contribution in [-0.4, -0.2) is 12.0 Å². The largest absolute Gasteiger partial charge is 0.165 e. The van der Waals surface area contributed by atoms with Gasteiger partial charge >= 0.3 is 0 Å². The van der Waals surface area contributed by atoms with Gasteiger partial charge in [-0.25, -0.2) is 0 Å². The number of unbranched alkanes of at least 4 members (excludes halogenated alkanes) is 2. The number of thioether (sulfide) groups is 1. The first-order valence-corrected chi connectivity index (χ1v) is 6.73. The van der Waals surface area contributed by atoms with E-state index in [2.05, 4.69) is 20.1 Å². The van der Waals surface area contributed by atoms with E-state index in [1.165, 1.54) is 44.3 Å². The summed E-state index contributed by atoms with van der Waals surface area (Å²) in [6.45, 7) is 4.58. The first-order valence-electron chi connectivity index (χ1n) is 5.34. The molecule has 12 heavy (non-hydrogen) atoms. The van der Waals surface area contributed by atoms with Crippen LogP contribution in [0.15, 0.2) is 0 Å². The predicted molar refractivity (Wildman–Crippen MR) is 60.9 cm³/mol. The van der Waals surface area contributed by atoms with Gasteiger partial charge in [0.25, 0.3) is 0 Å². The van der Waals surface area contributed by atoms with E-state index in [9.17, 15) is 0 Å². The lowest BCUT2D eigenvalue weighted by molar-refractivity contribution is 0.461. The molecule has 0 saturated carbocycles. The van der Waals surface area contributed by atoms with Crippen LogP contribution in [0.1, 0.15) is 52.4 Å². The predicted octanol–water partition coefficient (Wildman–Crippen LogP) is 4.35. The Bertz CT molecular complexity index is 73.1. The van der Waals surface area contributed by atoms with Crippen LogP contribution in [0.5, 0.6) is 0 Å². The maximum atomic E-state index is 2.29. The molecule has 0 unspecified atom stereocenters. The van der Waals surface area contributed by atoms with Gasteiger partial charge in [0.2, 0.25) is 0 Å². The highest BCUT2D eigenvalue weighted by molar-refractivity contribution is 7.98. The standard InChI is InChI=1S/C11H24S/c1-4-6-8-11(10-12-3)9-7-5-2/h11H,4-10H2,1-3H3. The molecule has 0 atom stereocenters. The minimum absolute atomic E-state index is 1.000. The number of hydrogen-bond acceptors (Lipinski definition) is 1. The first kappa shape index (κ1) is 12.3. The molecule has 74 valence electrons. The van der Waals surface area contributed by atoms with Gasteiger partial charge in [0.1, 0.15) is 0 Å². The van der Waals surface area contributed by atoms with Gasteiger partial charge in [0.15, 0.2) is 0 Å². The molecule has 0 saturated heterocycles. The third-order valence-corrected chi connectivity index (χ3v) is 3.14. The second kappa shape index (κ2) is 9.44. The average Bonchev–Trinajstić information content (AvgIpc) is 2.10. The molecule has 1 heteroatoms. The van der Waals surface area contributed by atoms with Crippen LogP contribution in [0.2, 0.25) is 0 Å². The zero-order valence-corrected chi connectivity index (χ0v) is 9.75. The summed E-state index contributed by atoms with van der Waals surface area (Å²) < 4.78 is 0. The average molecular weight is 188 g/mol. The molecule has 0 heterocycles. The Kier molecular flexibility index (Phi) is 9.71. The molecule has 0 aliphatic rings. The lowest BCUT2D eigenvalue weighted by Gasteiger charge is -2.14. The molecule has 0 bridgehead atoms. The molecule has 0 aliphatic heterocycles. The van der Waals surface area contributed by atoms with Crippen LogP contribution in [0.4, 0.5) is 0 Å². The molecule has 0 rings (SSSR count). The van der Waals surface area contributed by atoms with E-state index >= 15 is 0 Å². The molecule has 0 nitrogen and oxygen atoms in total. The molecular formula is C11H24S. The fourth-order valence-corrected chi connectivity index (χ4v) is 2.34. The maximum absolute atomic E-state index is 2.29. The van der Waals surface area contributed by atoms with E-state index in [4.69, 9.17) is 0 Å². The Morgan fingerprint density at radius 1 is 1.00 bits per heavy atom. The molecule has 0 aliphatic carbocycles. The van der Waals surface area contributed by atoms with Crippen LogP contribution in [-0.2, 0) is 0 Å². The Morgan fingerprint density at radius 2 is 1.50 bits per heavy atom. The van der Waals surface area contributed by atoms with E-state index in [0.29, 0.717) is 0 Å². The van der Waals surface area contributed by atoms with Gasteiger partial charge in [-0.15, -0.1) is 0 Å². The van der Waals surface area contributed by atoms with Crippen molar-refractivity contribution in [3.63, 3.8) is 0 Å². The molecule has 0 aromatic carbocycles. The van der Waals surface area contributed by atoms with Crippen molar-refractivity contribution in [3.05, 3.63) is 0 Å². The van der Waals surface area contributed by atoms with Gasteiger partial charge in [0, 0.05) is 0 Å². The van der Waals surface area contributed by atoms with Gasteiger partial charge in [0.05, 0.1) is 0 Å². The van der Waals surface area contributed by atoms with Crippen LogP contribution in [0.3, 0.4) is 0 Å². The quantitative estimate of drug-likeness (QED) is 0.546. The van der Waals surface area contributed by atoms with Gasteiger partial charge < -0.3 is 0 Å². The second-order valence-electron chi connectivity index (χ2n) is 3.61. The fourth-order valence-electron chi connectivity index (χ4n) is 1.53. The summed E-state index contributed by atoms with van der Waals surface area (Å²) in [6.07, 6.45) is 10.7. The summed E-state index contributed by atoms with van der Waals surface area (Å²) in [5, 5.41) is 0. The maximum Gasteiger partial charge on any atom is -0.00419 e. The molecule has 0 aromatic rings. The molecular weight excluding hydrogens is 164 g/mol. The van der Waals surface area contributed by atoms with E-state index in [1.54, 1.807) is 0 Å². The smallest absolute Gasteiger partial charge is 0.00419 e. The lowest BCUT2D eigenvalue weighted by Crippen LogP contribution is -2.03. The molecule has 0 spiro atoms. The normalized spacial score (nSPS) is 11.0. The highest BCUT2D eigenvalue weighted by Gasteiger charge is 2.05. The minimum Gasteiger partial charge on any atom is -0.165 e. The minimum atomic E-state index is 1.000. The second-order valence-corrected chi connectivity index (χ2v) is 4.52. The number of rotatable bonds is 8. The zero-order chi connectivity index (χ0) is 9.23. The molecule has 0 radical (unpaired) electrons. The van der Waals surface area contributed by atoms with E-state index in [-0.39, 0.29) is 0 Å². The van der Waals surface area contributed by atoms with E-state index in [1.807, 2.05) is 11.8 Å². The molecule has 0 fully saturated rings. The SMILES string of the molecule is CCCCC(CCCC)CSC. The van der Waals surface area contributed by atoms with Gasteiger partial charge in [-0.2, -0.15) is 11.8 Å². The van der Waals surface area contributed by atoms with Crippen molar-refractivity contribution in [1.29, 1.82) is 0 Å². The molecule has 0 amide bonds. The van der Waals surface area contributed by atoms with Crippen molar-refractivity contribution in [2.75, 3.05) is 12.0 Å². The van der Waals surface area contributed by atoms with Crippen LogP contribution < -0.4 is 0 Å². The number of hydrogen-bond donors (Lipinski definition) is 0. The van der Waals surface area contributed by atoms with Crippen molar-refractivity contribution >= 4 is 11.8 Å². The van der Waals surface area contributed by atoms with Gasteiger partial charge in [-0.1, -0.05) is 39.5 Å². The third-order valence-electron chi connectivity index (χ3n) is 2.33. The summed E-state index contributed by atoms with van der Waals surface area (Å²) in [7, 11) is 0. The summed E-state index contributed by atoms with van der Waals surface area (Å²) >= 11 is 2.01. The van der Waals surface area contributed by atoms with Crippen molar-refractivity contribution in [1.82, 2.24) is 0 Å². The summed E-state index contributed by atoms with van der Waals surface area (Å²) in [5.74, 6) is 2.37. The Balaban J connectivity index is 3.40. The third kappa shape index (κ3) is 7.02. The van der Waals surface area contributed by atoms with Crippen molar-refractivity contribution in [2.45, 2.75) is 52.4 Å². The van der Waals surface area contributed by atoms with Gasteiger partial charge in [-0.05, 0) is 30.8 Å². The van der Waals surface area contributed by atoms with Crippen LogP contribution in [0, 0.1) is 5.92 Å². The Hall–Kier alpha value is 0.350. The van der Waals surface area contributed by atoms with Crippen LogP contribution in [0.25, 0.3) is 0 Å². The summed E-state index contributed by atoms with van der Waals surface area (Å²) in [6, 6.07) is 0. The molecule has 0 N–H and O–H groups in total. The van der Waals surface area contributed by atoms with Crippen molar-refractivity contribution < 1.29 is 0 Å². The molecule has 0 aromatic heterocycles. The zero-order valence-electron chi connectivity index (χ0n) is 8.94. The summed E-state index contributed by atoms with van der Waals surface area (Å²) in [4.78, 5) is 0. The van der Waals surface area contributed by atoms with Crippen molar-refractivity contribution in [3.8, 4) is 0 Å². The lowest BCUT2D eigenvalue weighted by atomic mass is 9.98. The topological polar surface area (TPSA) is 0 Å². The monoisotopic (exact) mass is 188 g/mol. The first-order chi connectivity index (χ1) is 5.85. The van der Waals surface area contributed by atoms with Crippen LogP contribution >= 0.6 is 11.8 Å². The van der Waals surface area contributed by atoms with E-state index < -0.39 is 0 Å². The fraction of sp³-hybridized carbons (Fsp3) is 1.00. The highest BCUT2D eigenvalue weighted by atomic mass is 32.2. The highest BCUT2D eigenvalue weighted by Crippen LogP contribution is 2.19. The van der Waals surface area contributed by atoms with Gasteiger partial charge in [-0.3, -0.25) is 0 Å². The van der Waals surface area contributed by atoms with Crippen molar-refractivity contribution in [2.24, 2.45) is 5.92 Å². The summed E-state index contributed by atoms with van der Waals surface area (Å²) in [5.41, 5.74) is 0.